The van der Waals surface area contributed by atoms with Crippen LogP contribution in [0.25, 0.3) is 27.5 Å². The molecule has 0 bridgehead atoms. The average Bonchev–Trinajstić information content (AvgIpc) is 2.54. The molecule has 12 nitrogen and oxygen atoms in total. The van der Waals surface area contributed by atoms with Gasteiger partial charge in [-0.25, -0.2) is 19.8 Å². The molecule has 0 saturated heterocycles. The smallest absolute Gasteiger partial charge is 0.404 e. The van der Waals surface area contributed by atoms with Crippen LogP contribution in [0, 0.1) is 5.39 Å². The van der Waals surface area contributed by atoms with E-state index in [4.69, 9.17) is 0 Å². The van der Waals surface area contributed by atoms with Crippen LogP contribution < -0.4 is 34.9 Å². The van der Waals surface area contributed by atoms with Crippen LogP contribution in [0.4, 0.5) is 5.69 Å². The molecule has 0 atom stereocenters. The molecule has 0 aliphatic heterocycles. The highest BCUT2D eigenvalue weighted by Crippen LogP contribution is 2.35. The topological polar surface area (TPSA) is 185 Å². The van der Waals surface area contributed by atoms with Crippen molar-refractivity contribution in [2.75, 3.05) is 0 Å². The molecule has 3 rings (SSSR count). The van der Waals surface area contributed by atoms with Crippen LogP contribution in [0.5, 0.6) is 0 Å². The highest BCUT2D eigenvalue weighted by molar-refractivity contribution is 5.88. The van der Waals surface area contributed by atoms with Gasteiger partial charge in [0.25, 0.3) is 11.1 Å². The predicted octanol–water partition coefficient (Wildman–Crippen LogP) is -3.95. The summed E-state index contributed by atoms with van der Waals surface area (Å²) in [5.41, 5.74) is -3.81. The van der Waals surface area contributed by atoms with Crippen molar-refractivity contribution in [3.63, 3.8) is 0 Å². The largest absolute Gasteiger partial charge is 1.00 e. The Bertz CT molecular complexity index is 1130. The van der Waals surface area contributed by atoms with Crippen LogP contribution in [0.3, 0.4) is 0 Å². The van der Waals surface area contributed by atoms with Crippen LogP contribution in [0.1, 0.15) is 0 Å². The van der Waals surface area contributed by atoms with Gasteiger partial charge in [0.1, 0.15) is 11.1 Å². The molecule has 3 aromatic rings. The van der Waals surface area contributed by atoms with Gasteiger partial charge in [-0.05, 0) is 12.1 Å². The molecule has 2 heterocycles. The molecule has 0 fully saturated rings. The van der Waals surface area contributed by atoms with Crippen LogP contribution in [-0.4, -0.2) is 30.4 Å². The Kier molecular flexibility index (Phi) is 4.71. The van der Waals surface area contributed by atoms with Crippen molar-refractivity contribution in [1.82, 2.24) is 30.4 Å². The third-order valence-electron chi connectivity index (χ3n) is 3.07. The summed E-state index contributed by atoms with van der Waals surface area (Å²) in [7, 11) is 0. The number of hydrogen-bond donors (Lipinski definition) is 4. The van der Waals surface area contributed by atoms with Crippen LogP contribution in [0.15, 0.2) is 37.4 Å². The molecule has 0 aliphatic rings. The number of hydrogen-bond acceptors (Lipinski definition) is 7. The van der Waals surface area contributed by atoms with Crippen molar-refractivity contribution in [1.29, 1.82) is 5.39 Å². The fourth-order valence-electron chi connectivity index (χ4n) is 2.09. The molecule has 0 radical (unpaired) electrons. The van der Waals surface area contributed by atoms with E-state index >= 15 is 0 Å². The lowest BCUT2D eigenvalue weighted by atomic mass is 10.0. The average molecular weight is 363 g/mol. The summed E-state index contributed by atoms with van der Waals surface area (Å²) in [6.07, 6.45) is 0. The summed E-state index contributed by atoms with van der Waals surface area (Å²) in [6, 6.07) is 4.25. The van der Waals surface area contributed by atoms with E-state index in [9.17, 15) is 24.6 Å². The number of H-pyrrole nitrogens is 4. The Morgan fingerprint density at radius 3 is 1.64 bits per heavy atom. The fraction of sp³-hybridized carbons (Fsp3) is 0. The Morgan fingerprint density at radius 2 is 1.28 bits per heavy atom. The van der Waals surface area contributed by atoms with Crippen molar-refractivity contribution < 1.29 is 12.4 Å². The molecule has 0 saturated carbocycles. The molecule has 25 heavy (non-hydrogen) atoms. The zero-order valence-electron chi connectivity index (χ0n) is 12.0. The van der Waals surface area contributed by atoms with E-state index in [0.29, 0.717) is 0 Å². The van der Waals surface area contributed by atoms with Gasteiger partial charge in [0.15, 0.2) is 16.4 Å². The normalized spacial score (nSPS) is 9.88. The first-order valence-corrected chi connectivity index (χ1v) is 6.38. The van der Waals surface area contributed by atoms with E-state index in [0.717, 1.165) is 0 Å². The predicted molar refractivity (Wildman–Crippen MR) is 80.1 cm³/mol. The molecule has 0 amide bonds. The number of nitrogens with zero attached hydrogens (tertiary/aromatic N) is 4. The number of rotatable bonds is 2. The number of aromatic amines is 4. The van der Waals surface area contributed by atoms with Gasteiger partial charge < -0.3 is 12.4 Å². The quantitative estimate of drug-likeness (QED) is 0.335. The number of nitrogens with one attached hydrogen (secondary N) is 4. The summed E-state index contributed by atoms with van der Waals surface area (Å²) in [5.74, 6) is 0. The molecule has 0 aliphatic carbocycles. The molecule has 4 N–H and O–H groups in total. The van der Waals surface area contributed by atoms with Gasteiger partial charge in [-0.3, -0.25) is 19.6 Å². The number of aromatic nitrogens is 6. The lowest BCUT2D eigenvalue weighted by Crippen LogP contribution is -3.00. The maximum absolute atomic E-state index is 11.9. The number of benzene rings is 1. The first-order valence-electron chi connectivity index (χ1n) is 6.38. The van der Waals surface area contributed by atoms with Gasteiger partial charge in [0.2, 0.25) is 5.39 Å². The molecule has 0 unspecified atom stereocenters. The maximum atomic E-state index is 11.9. The monoisotopic (exact) mass is 362 g/mol. The molecular formula is C12H7ClN8O4. The summed E-state index contributed by atoms with van der Waals surface area (Å²) >= 11 is 0. The maximum Gasteiger partial charge on any atom is 0.404 e. The van der Waals surface area contributed by atoms with Crippen molar-refractivity contribution in [3.8, 4) is 22.5 Å². The lowest BCUT2D eigenvalue weighted by Gasteiger charge is -2.00. The molecular weight excluding hydrogens is 356 g/mol. The Labute approximate surface area is 142 Å². The fourth-order valence-corrected chi connectivity index (χ4v) is 2.09. The minimum atomic E-state index is -0.816. The van der Waals surface area contributed by atoms with Crippen LogP contribution in [-0.2, 0) is 0 Å². The second-order valence-corrected chi connectivity index (χ2v) is 4.51. The third-order valence-corrected chi connectivity index (χ3v) is 3.07. The highest BCUT2D eigenvalue weighted by atomic mass is 35.5. The molecule has 2 aromatic heterocycles. The van der Waals surface area contributed by atoms with Crippen LogP contribution in [0.2, 0.25) is 0 Å². The second kappa shape index (κ2) is 6.72. The first-order chi connectivity index (χ1) is 11.5. The van der Waals surface area contributed by atoms with Gasteiger partial charge in [0, 0.05) is 0 Å². The van der Waals surface area contributed by atoms with E-state index in [1.54, 1.807) is 0 Å². The van der Waals surface area contributed by atoms with Gasteiger partial charge in [0.05, 0.1) is 0 Å². The standard InChI is InChI=1S/C12H6N8O4.ClH/c13-16-6-4(7-9(21)14-11(23)19-17-7)2-1-3-5(6)8-10(22)15-12(24)20-18-8;/h1-3H,(H3-,14,15,19,20,21,22,23,24);1H. The zero-order chi connectivity index (χ0) is 17.3. The summed E-state index contributed by atoms with van der Waals surface area (Å²) in [5, 5.41) is 20.6. The minimum Gasteiger partial charge on any atom is -1.00 e. The second-order valence-electron chi connectivity index (χ2n) is 4.51. The Hall–Kier alpha value is -3.85. The Balaban J connectivity index is 0.00000225. The lowest BCUT2D eigenvalue weighted by molar-refractivity contribution is -0.00000554. The van der Waals surface area contributed by atoms with Crippen molar-refractivity contribution in [2.45, 2.75) is 0 Å². The summed E-state index contributed by atoms with van der Waals surface area (Å²) < 4.78 is 0. The number of diazo groups is 1. The zero-order valence-corrected chi connectivity index (χ0v) is 12.8. The van der Waals surface area contributed by atoms with Gasteiger partial charge in [-0.1, -0.05) is 6.07 Å². The first kappa shape index (κ1) is 17.5. The Morgan fingerprint density at radius 1 is 0.840 bits per heavy atom. The van der Waals surface area contributed by atoms with E-state index in [1.807, 2.05) is 9.97 Å². The van der Waals surface area contributed by atoms with Gasteiger partial charge >= 0.3 is 17.1 Å². The summed E-state index contributed by atoms with van der Waals surface area (Å²) in [6.45, 7) is 0. The molecule has 13 heteroatoms. The molecule has 126 valence electrons. The minimum absolute atomic E-state index is 0. The van der Waals surface area contributed by atoms with E-state index in [1.165, 1.54) is 18.2 Å². The van der Waals surface area contributed by atoms with E-state index in [2.05, 4.69) is 25.4 Å². The van der Waals surface area contributed by atoms with Crippen LogP contribution >= 0.6 is 0 Å². The summed E-state index contributed by atoms with van der Waals surface area (Å²) in [4.78, 5) is 52.9. The van der Waals surface area contributed by atoms with Crippen molar-refractivity contribution in [3.05, 3.63) is 64.9 Å². The molecule has 0 spiro atoms. The highest BCUT2D eigenvalue weighted by Gasteiger charge is 2.27. The van der Waals surface area contributed by atoms with Crippen molar-refractivity contribution in [2.24, 2.45) is 0 Å². The molecule has 1 aromatic carbocycles. The van der Waals surface area contributed by atoms with Gasteiger partial charge in [-0.2, -0.15) is 10.2 Å². The number of halogens is 1. The van der Waals surface area contributed by atoms with E-state index in [-0.39, 0.29) is 40.6 Å². The van der Waals surface area contributed by atoms with Gasteiger partial charge in [-0.15, -0.1) is 0 Å². The SMILES string of the molecule is N#[N+]c1c(-c2n[nH]c(=O)[nH]c2=O)cccc1-c1n[nH]c(=O)[nH]c1=O.[Cl-]. The van der Waals surface area contributed by atoms with Crippen molar-refractivity contribution >= 4 is 5.69 Å². The van der Waals surface area contributed by atoms with E-state index < -0.39 is 22.5 Å². The third kappa shape index (κ3) is 3.12.